The maximum absolute atomic E-state index is 11.2. The van der Waals surface area contributed by atoms with Crippen LogP contribution in [-0.2, 0) is 0 Å². The first-order valence-electron chi connectivity index (χ1n) is 10.2. The maximum Gasteiger partial charge on any atom is 0.130 e. The molecule has 1 N–H and O–H groups in total. The molecule has 4 aromatic carbocycles. The fourth-order valence-electron chi connectivity index (χ4n) is 4.20. The average Bonchev–Trinajstić information content (AvgIpc) is 3.26. The summed E-state index contributed by atoms with van der Waals surface area (Å²) in [5, 5.41) is 11.2. The lowest BCUT2D eigenvalue weighted by Gasteiger charge is -2.12. The van der Waals surface area contributed by atoms with Crippen LogP contribution >= 0.6 is 0 Å². The lowest BCUT2D eigenvalue weighted by Crippen LogP contribution is -1.89. The first kappa shape index (κ1) is 18.2. The molecule has 4 aromatic rings. The van der Waals surface area contributed by atoms with Crippen molar-refractivity contribution in [1.82, 2.24) is 0 Å². The Morgan fingerprint density at radius 3 is 1.67 bits per heavy atom. The standard InChI is InChI=1S/C29H22O/c30-29-25(21-11-4-1-5-12-21)17-10-18-26(29)24-19-27(22-13-6-2-7-14-22)28(20-24)23-15-8-3-9-16-23/h1-19,30H,20H2. The van der Waals surface area contributed by atoms with E-state index in [1.807, 2.05) is 60.7 Å². The predicted molar refractivity (Wildman–Crippen MR) is 126 cm³/mol. The molecule has 0 heterocycles. The zero-order valence-electron chi connectivity index (χ0n) is 16.6. The molecule has 0 aromatic heterocycles. The first-order valence-corrected chi connectivity index (χ1v) is 10.2. The summed E-state index contributed by atoms with van der Waals surface area (Å²) in [6.45, 7) is 0. The molecule has 0 bridgehead atoms. The lowest BCUT2D eigenvalue weighted by atomic mass is 9.94. The van der Waals surface area contributed by atoms with Gasteiger partial charge in [-0.05, 0) is 45.9 Å². The second kappa shape index (κ2) is 7.88. The van der Waals surface area contributed by atoms with Gasteiger partial charge in [-0.1, -0.05) is 109 Å². The minimum atomic E-state index is 0.344. The topological polar surface area (TPSA) is 20.2 Å². The average molecular weight is 386 g/mol. The normalized spacial score (nSPS) is 13.4. The third kappa shape index (κ3) is 3.35. The molecule has 0 amide bonds. The highest BCUT2D eigenvalue weighted by Crippen LogP contribution is 2.46. The van der Waals surface area contributed by atoms with E-state index in [9.17, 15) is 5.11 Å². The molecular formula is C29H22O. The van der Waals surface area contributed by atoms with Crippen molar-refractivity contribution in [3.8, 4) is 16.9 Å². The van der Waals surface area contributed by atoms with Crippen molar-refractivity contribution in [2.75, 3.05) is 0 Å². The van der Waals surface area contributed by atoms with E-state index in [1.54, 1.807) is 0 Å². The molecule has 0 unspecified atom stereocenters. The number of hydrogen-bond acceptors (Lipinski definition) is 1. The number of rotatable bonds is 4. The lowest BCUT2D eigenvalue weighted by molar-refractivity contribution is 0.475. The van der Waals surface area contributed by atoms with E-state index in [0.717, 1.165) is 28.7 Å². The predicted octanol–water partition coefficient (Wildman–Crippen LogP) is 7.46. The third-order valence-corrected chi connectivity index (χ3v) is 5.68. The molecule has 0 fully saturated rings. The summed E-state index contributed by atoms with van der Waals surface area (Å²) in [7, 11) is 0. The summed E-state index contributed by atoms with van der Waals surface area (Å²) in [6.07, 6.45) is 3.03. The largest absolute Gasteiger partial charge is 0.507 e. The van der Waals surface area contributed by atoms with Gasteiger partial charge in [0.2, 0.25) is 0 Å². The quantitative estimate of drug-likeness (QED) is 0.386. The van der Waals surface area contributed by atoms with Crippen LogP contribution in [0.3, 0.4) is 0 Å². The smallest absolute Gasteiger partial charge is 0.130 e. The van der Waals surface area contributed by atoms with Gasteiger partial charge in [-0.2, -0.15) is 0 Å². The van der Waals surface area contributed by atoms with Gasteiger partial charge >= 0.3 is 0 Å². The van der Waals surface area contributed by atoms with E-state index >= 15 is 0 Å². The van der Waals surface area contributed by atoms with E-state index in [1.165, 1.54) is 22.3 Å². The highest BCUT2D eigenvalue weighted by molar-refractivity contribution is 6.07. The fraction of sp³-hybridized carbons (Fsp3) is 0.0345. The third-order valence-electron chi connectivity index (χ3n) is 5.68. The van der Waals surface area contributed by atoms with Gasteiger partial charge in [-0.3, -0.25) is 0 Å². The number of benzene rings is 4. The molecule has 5 rings (SSSR count). The Kier molecular flexibility index (Phi) is 4.78. The Balaban J connectivity index is 1.61. The molecule has 0 saturated carbocycles. The van der Waals surface area contributed by atoms with Gasteiger partial charge in [0.25, 0.3) is 0 Å². The van der Waals surface area contributed by atoms with Gasteiger partial charge in [0.1, 0.15) is 5.75 Å². The number of para-hydroxylation sites is 1. The summed E-state index contributed by atoms with van der Waals surface area (Å²) in [5.74, 6) is 0.344. The van der Waals surface area contributed by atoms with Crippen LogP contribution in [0.15, 0.2) is 115 Å². The summed E-state index contributed by atoms with van der Waals surface area (Å²) in [4.78, 5) is 0. The summed E-state index contributed by atoms with van der Waals surface area (Å²) in [5.41, 5.74) is 8.87. The molecular weight excluding hydrogens is 364 g/mol. The first-order chi connectivity index (χ1) is 14.8. The van der Waals surface area contributed by atoms with Crippen LogP contribution < -0.4 is 0 Å². The van der Waals surface area contributed by atoms with Gasteiger partial charge < -0.3 is 5.11 Å². The van der Waals surface area contributed by atoms with Crippen molar-refractivity contribution >= 4 is 16.7 Å². The minimum Gasteiger partial charge on any atom is -0.507 e. The Hall–Kier alpha value is -3.84. The van der Waals surface area contributed by atoms with E-state index in [2.05, 4.69) is 54.6 Å². The van der Waals surface area contributed by atoms with Crippen LogP contribution in [0.5, 0.6) is 5.75 Å². The Morgan fingerprint density at radius 2 is 1.03 bits per heavy atom. The highest BCUT2D eigenvalue weighted by Gasteiger charge is 2.22. The number of phenols is 1. The summed E-state index contributed by atoms with van der Waals surface area (Å²) in [6, 6.07) is 37.1. The van der Waals surface area contributed by atoms with Crippen molar-refractivity contribution in [3.05, 3.63) is 132 Å². The van der Waals surface area contributed by atoms with Crippen molar-refractivity contribution in [3.63, 3.8) is 0 Å². The molecule has 1 nitrogen and oxygen atoms in total. The molecule has 1 aliphatic carbocycles. The number of hydrogen-bond donors (Lipinski definition) is 1. The van der Waals surface area contributed by atoms with E-state index in [4.69, 9.17) is 0 Å². The summed E-state index contributed by atoms with van der Waals surface area (Å²) < 4.78 is 0. The number of phenolic OH excluding ortho intramolecular Hbond substituents is 1. The van der Waals surface area contributed by atoms with E-state index < -0.39 is 0 Å². The molecule has 144 valence electrons. The van der Waals surface area contributed by atoms with Gasteiger partial charge in [-0.15, -0.1) is 0 Å². The van der Waals surface area contributed by atoms with Crippen molar-refractivity contribution < 1.29 is 5.11 Å². The zero-order chi connectivity index (χ0) is 20.3. The summed E-state index contributed by atoms with van der Waals surface area (Å²) >= 11 is 0. The molecule has 30 heavy (non-hydrogen) atoms. The molecule has 0 saturated heterocycles. The molecule has 0 radical (unpaired) electrons. The minimum absolute atomic E-state index is 0.344. The number of allylic oxidation sites excluding steroid dienone is 4. The van der Waals surface area contributed by atoms with Crippen molar-refractivity contribution in [1.29, 1.82) is 0 Å². The van der Waals surface area contributed by atoms with Gasteiger partial charge in [0.05, 0.1) is 0 Å². The van der Waals surface area contributed by atoms with E-state index in [0.29, 0.717) is 5.75 Å². The fourth-order valence-corrected chi connectivity index (χ4v) is 4.20. The van der Waals surface area contributed by atoms with Crippen LogP contribution in [0.1, 0.15) is 23.1 Å². The Labute approximate surface area is 177 Å². The van der Waals surface area contributed by atoms with Gasteiger partial charge in [0.15, 0.2) is 0 Å². The molecule has 0 atom stereocenters. The van der Waals surface area contributed by atoms with Gasteiger partial charge in [0, 0.05) is 11.1 Å². The van der Waals surface area contributed by atoms with Gasteiger partial charge in [-0.25, -0.2) is 0 Å². The Morgan fingerprint density at radius 1 is 0.500 bits per heavy atom. The Bertz CT molecular complexity index is 1230. The van der Waals surface area contributed by atoms with Crippen LogP contribution in [0.2, 0.25) is 0 Å². The molecule has 1 heteroatoms. The second-order valence-corrected chi connectivity index (χ2v) is 7.54. The van der Waals surface area contributed by atoms with Crippen molar-refractivity contribution in [2.45, 2.75) is 6.42 Å². The van der Waals surface area contributed by atoms with Crippen LogP contribution in [0, 0.1) is 0 Å². The van der Waals surface area contributed by atoms with Crippen LogP contribution in [0.4, 0.5) is 0 Å². The number of aromatic hydroxyl groups is 1. The monoisotopic (exact) mass is 386 g/mol. The maximum atomic E-state index is 11.2. The van der Waals surface area contributed by atoms with E-state index in [-0.39, 0.29) is 0 Å². The van der Waals surface area contributed by atoms with Crippen LogP contribution in [0.25, 0.3) is 27.8 Å². The zero-order valence-corrected chi connectivity index (χ0v) is 16.6. The van der Waals surface area contributed by atoms with Crippen LogP contribution in [-0.4, -0.2) is 5.11 Å². The molecule has 0 aliphatic heterocycles. The van der Waals surface area contributed by atoms with Crippen molar-refractivity contribution in [2.24, 2.45) is 0 Å². The highest BCUT2D eigenvalue weighted by atomic mass is 16.3. The molecule has 1 aliphatic rings. The second-order valence-electron chi connectivity index (χ2n) is 7.54. The SMILES string of the molecule is Oc1c(C2=CC(c3ccccc3)=C(c3ccccc3)C2)cccc1-c1ccccc1. The molecule has 0 spiro atoms.